The molecule has 0 spiro atoms. The minimum Gasteiger partial charge on any atom is -0.349 e. The molecule has 6 heteroatoms. The standard InChI is InChI=1S/C15H17N3O2S/c1-11(19)16-13(12-6-4-3-5-7-12)10-14(20)17-15-18(2)8-9-21-15/h3-9,13H,10H2,1-2H3,(H,16,19)/t13-/m0/s1. The highest BCUT2D eigenvalue weighted by Crippen LogP contribution is 2.17. The van der Waals surface area contributed by atoms with Crippen molar-refractivity contribution in [2.75, 3.05) is 0 Å². The van der Waals surface area contributed by atoms with E-state index in [1.807, 2.05) is 49.0 Å². The zero-order valence-electron chi connectivity index (χ0n) is 11.9. The number of hydrogen-bond acceptors (Lipinski definition) is 3. The molecule has 21 heavy (non-hydrogen) atoms. The monoisotopic (exact) mass is 303 g/mol. The third-order valence-corrected chi connectivity index (χ3v) is 3.79. The molecule has 0 bridgehead atoms. The van der Waals surface area contributed by atoms with Gasteiger partial charge < -0.3 is 9.88 Å². The highest BCUT2D eigenvalue weighted by atomic mass is 32.1. The first-order chi connectivity index (χ1) is 10.1. The molecule has 2 aromatic rings. The Bertz CT molecular complexity index is 688. The Balaban J connectivity index is 2.18. The molecule has 0 aliphatic carbocycles. The van der Waals surface area contributed by atoms with Crippen molar-refractivity contribution >= 4 is 23.2 Å². The second-order valence-corrected chi connectivity index (χ2v) is 5.54. The van der Waals surface area contributed by atoms with Crippen molar-refractivity contribution in [3.05, 3.63) is 52.3 Å². The number of nitrogens with zero attached hydrogens (tertiary/aromatic N) is 2. The Hall–Kier alpha value is -2.21. The van der Waals surface area contributed by atoms with Gasteiger partial charge in [-0.25, -0.2) is 0 Å². The first kappa shape index (κ1) is 15.2. The summed E-state index contributed by atoms with van der Waals surface area (Å²) in [6.45, 7) is 1.44. The summed E-state index contributed by atoms with van der Waals surface area (Å²) >= 11 is 1.40. The van der Waals surface area contributed by atoms with Gasteiger partial charge in [0.15, 0.2) is 4.80 Å². The van der Waals surface area contributed by atoms with Crippen molar-refractivity contribution in [2.45, 2.75) is 19.4 Å². The number of benzene rings is 1. The van der Waals surface area contributed by atoms with Gasteiger partial charge in [0.05, 0.1) is 12.5 Å². The van der Waals surface area contributed by atoms with Crippen molar-refractivity contribution in [1.29, 1.82) is 0 Å². The second-order valence-electron chi connectivity index (χ2n) is 4.67. The number of carbonyl (C=O) groups excluding carboxylic acids is 2. The van der Waals surface area contributed by atoms with Gasteiger partial charge in [-0.1, -0.05) is 30.3 Å². The van der Waals surface area contributed by atoms with Gasteiger partial charge >= 0.3 is 0 Å². The van der Waals surface area contributed by atoms with E-state index >= 15 is 0 Å². The fourth-order valence-corrected chi connectivity index (χ4v) is 2.69. The molecule has 0 radical (unpaired) electrons. The lowest BCUT2D eigenvalue weighted by molar-refractivity contribution is -0.121. The zero-order chi connectivity index (χ0) is 15.2. The normalized spacial score (nSPS) is 13.0. The second kappa shape index (κ2) is 6.99. The molecular formula is C15H17N3O2S. The van der Waals surface area contributed by atoms with Crippen molar-refractivity contribution in [3.63, 3.8) is 0 Å². The van der Waals surface area contributed by atoms with E-state index in [9.17, 15) is 9.59 Å². The summed E-state index contributed by atoms with van der Waals surface area (Å²) < 4.78 is 1.79. The largest absolute Gasteiger partial charge is 0.349 e. The number of amides is 2. The summed E-state index contributed by atoms with van der Waals surface area (Å²) in [5.74, 6) is -0.422. The first-order valence-corrected chi connectivity index (χ1v) is 7.44. The van der Waals surface area contributed by atoms with Crippen LogP contribution in [0.2, 0.25) is 0 Å². The summed E-state index contributed by atoms with van der Waals surface area (Å²) in [6, 6.07) is 9.07. The van der Waals surface area contributed by atoms with Crippen LogP contribution < -0.4 is 10.1 Å². The highest BCUT2D eigenvalue weighted by molar-refractivity contribution is 7.07. The number of rotatable bonds is 4. The van der Waals surface area contributed by atoms with Crippen LogP contribution in [0.15, 0.2) is 46.9 Å². The van der Waals surface area contributed by atoms with Crippen molar-refractivity contribution < 1.29 is 9.59 Å². The Kier molecular flexibility index (Phi) is 5.05. The quantitative estimate of drug-likeness (QED) is 0.936. The van der Waals surface area contributed by atoms with Crippen molar-refractivity contribution in [2.24, 2.45) is 12.0 Å². The van der Waals surface area contributed by atoms with Gasteiger partial charge in [0.2, 0.25) is 5.91 Å². The molecule has 1 aromatic carbocycles. The fourth-order valence-electron chi connectivity index (χ4n) is 1.94. The summed E-state index contributed by atoms with van der Waals surface area (Å²) in [7, 11) is 1.84. The molecule has 0 aliphatic rings. The molecule has 1 N–H and O–H groups in total. The summed E-state index contributed by atoms with van der Waals surface area (Å²) in [5, 5.41) is 4.67. The lowest BCUT2D eigenvalue weighted by Gasteiger charge is -2.16. The third kappa shape index (κ3) is 4.39. The molecule has 2 amide bonds. The molecular weight excluding hydrogens is 286 g/mol. The molecule has 0 saturated heterocycles. The van der Waals surface area contributed by atoms with Gasteiger partial charge in [0.1, 0.15) is 0 Å². The number of aromatic nitrogens is 1. The van der Waals surface area contributed by atoms with E-state index in [2.05, 4.69) is 10.3 Å². The number of thiazole rings is 1. The average molecular weight is 303 g/mol. The maximum Gasteiger partial charge on any atom is 0.250 e. The van der Waals surface area contributed by atoms with E-state index in [1.165, 1.54) is 18.3 Å². The maximum absolute atomic E-state index is 12.1. The van der Waals surface area contributed by atoms with E-state index < -0.39 is 0 Å². The molecule has 110 valence electrons. The van der Waals surface area contributed by atoms with Crippen LogP contribution in [0, 0.1) is 0 Å². The van der Waals surface area contributed by atoms with Gasteiger partial charge in [0.25, 0.3) is 5.91 Å². The van der Waals surface area contributed by atoms with Gasteiger partial charge in [-0.05, 0) is 5.56 Å². The number of hydrogen-bond donors (Lipinski definition) is 1. The van der Waals surface area contributed by atoms with Gasteiger partial charge in [0, 0.05) is 25.5 Å². The molecule has 2 rings (SSSR count). The summed E-state index contributed by atoms with van der Waals surface area (Å²) in [6.07, 6.45) is 1.99. The predicted molar refractivity (Wildman–Crippen MR) is 81.5 cm³/mol. The topological polar surface area (TPSA) is 63.5 Å². The Morgan fingerprint density at radius 1 is 1.33 bits per heavy atom. The van der Waals surface area contributed by atoms with Crippen LogP contribution in [0.1, 0.15) is 24.9 Å². The zero-order valence-corrected chi connectivity index (χ0v) is 12.8. The number of carbonyl (C=O) groups is 2. The SMILES string of the molecule is CC(=O)N[C@@H](CC(=O)N=c1sccn1C)c1ccccc1. The fraction of sp³-hybridized carbons (Fsp3) is 0.267. The summed E-state index contributed by atoms with van der Waals surface area (Å²) in [4.78, 5) is 28.2. The van der Waals surface area contributed by atoms with E-state index in [4.69, 9.17) is 0 Å². The average Bonchev–Trinajstić information content (AvgIpc) is 2.84. The molecule has 1 heterocycles. The van der Waals surface area contributed by atoms with Crippen LogP contribution >= 0.6 is 11.3 Å². The molecule has 5 nitrogen and oxygen atoms in total. The molecule has 0 fully saturated rings. The third-order valence-electron chi connectivity index (χ3n) is 2.94. The first-order valence-electron chi connectivity index (χ1n) is 6.56. The Morgan fingerprint density at radius 3 is 2.62 bits per heavy atom. The van der Waals surface area contributed by atoms with Gasteiger partial charge in [-0.2, -0.15) is 4.99 Å². The van der Waals surface area contributed by atoms with E-state index in [-0.39, 0.29) is 24.3 Å². The smallest absolute Gasteiger partial charge is 0.250 e. The molecule has 1 aromatic heterocycles. The van der Waals surface area contributed by atoms with Crippen molar-refractivity contribution in [1.82, 2.24) is 9.88 Å². The van der Waals surface area contributed by atoms with Crippen molar-refractivity contribution in [3.8, 4) is 0 Å². The molecule has 1 atom stereocenters. The van der Waals surface area contributed by atoms with E-state index in [1.54, 1.807) is 4.57 Å². The van der Waals surface area contributed by atoms with Crippen LogP contribution in [0.5, 0.6) is 0 Å². The maximum atomic E-state index is 12.1. The number of aryl methyl sites for hydroxylation is 1. The van der Waals surface area contributed by atoms with Gasteiger partial charge in [-0.15, -0.1) is 11.3 Å². The van der Waals surface area contributed by atoms with Crippen LogP contribution in [-0.2, 0) is 16.6 Å². The molecule has 0 unspecified atom stereocenters. The Labute approximate surface area is 127 Å². The minimum absolute atomic E-state index is 0.140. The predicted octanol–water partition coefficient (Wildman–Crippen LogP) is 1.78. The Morgan fingerprint density at radius 2 is 2.05 bits per heavy atom. The lowest BCUT2D eigenvalue weighted by Crippen LogP contribution is -2.28. The number of nitrogens with one attached hydrogen (secondary N) is 1. The lowest BCUT2D eigenvalue weighted by atomic mass is 10.0. The molecule has 0 saturated carbocycles. The van der Waals surface area contributed by atoms with Crippen LogP contribution in [0.3, 0.4) is 0 Å². The summed E-state index contributed by atoms with van der Waals surface area (Å²) in [5.41, 5.74) is 0.895. The molecule has 0 aliphatic heterocycles. The van der Waals surface area contributed by atoms with Crippen LogP contribution in [0.25, 0.3) is 0 Å². The van der Waals surface area contributed by atoms with Gasteiger partial charge in [-0.3, -0.25) is 9.59 Å². The van der Waals surface area contributed by atoms with E-state index in [0.717, 1.165) is 5.56 Å². The van der Waals surface area contributed by atoms with E-state index in [0.29, 0.717) is 4.80 Å². The van der Waals surface area contributed by atoms with Crippen LogP contribution in [-0.4, -0.2) is 16.4 Å². The minimum atomic E-state index is -0.356. The van der Waals surface area contributed by atoms with Crippen LogP contribution in [0.4, 0.5) is 0 Å². The highest BCUT2D eigenvalue weighted by Gasteiger charge is 2.16.